The van der Waals surface area contributed by atoms with Gasteiger partial charge in [-0.25, -0.2) is 14.5 Å². The monoisotopic (exact) mass is 370 g/mol. The molecule has 4 rings (SSSR count). The maximum atomic E-state index is 12.7. The summed E-state index contributed by atoms with van der Waals surface area (Å²) >= 11 is 0. The van der Waals surface area contributed by atoms with E-state index in [1.165, 1.54) is 4.68 Å². The van der Waals surface area contributed by atoms with Crippen LogP contribution in [0.2, 0.25) is 0 Å². The lowest BCUT2D eigenvalue weighted by molar-refractivity contribution is -0.137. The molecule has 1 aromatic carbocycles. The minimum absolute atomic E-state index is 0.0995. The van der Waals surface area contributed by atoms with Crippen LogP contribution in [-0.2, 0) is 20.0 Å². The van der Waals surface area contributed by atoms with Gasteiger partial charge in [-0.05, 0) is 19.1 Å². The normalized spacial score (nSPS) is 20.0. The summed E-state index contributed by atoms with van der Waals surface area (Å²) in [5.41, 5.74) is 0.333. The van der Waals surface area contributed by atoms with Gasteiger partial charge in [0.15, 0.2) is 5.82 Å². The van der Waals surface area contributed by atoms with Gasteiger partial charge in [0.05, 0.1) is 12.3 Å². The van der Waals surface area contributed by atoms with Gasteiger partial charge in [-0.2, -0.15) is 0 Å². The average Bonchev–Trinajstić information content (AvgIpc) is 3.24. The van der Waals surface area contributed by atoms with E-state index in [9.17, 15) is 19.5 Å². The van der Waals surface area contributed by atoms with Gasteiger partial charge >= 0.3 is 11.9 Å². The number of para-hydroxylation sites is 1. The van der Waals surface area contributed by atoms with Gasteiger partial charge in [0, 0.05) is 31.2 Å². The largest absolute Gasteiger partial charge is 0.481 e. The minimum Gasteiger partial charge on any atom is -0.481 e. The Balaban J connectivity index is 1.93. The number of fused-ring (bicyclic) bond motifs is 6. The lowest BCUT2D eigenvalue weighted by Crippen LogP contribution is -2.51. The number of aliphatic carboxylic acids is 1. The highest BCUT2D eigenvalue weighted by molar-refractivity contribution is 6.01. The van der Waals surface area contributed by atoms with Crippen LogP contribution < -0.4 is 4.90 Å². The molecule has 0 aliphatic carbocycles. The van der Waals surface area contributed by atoms with E-state index < -0.39 is 17.6 Å². The van der Waals surface area contributed by atoms with E-state index in [0.29, 0.717) is 23.5 Å². The van der Waals surface area contributed by atoms with Crippen molar-refractivity contribution in [2.45, 2.75) is 38.3 Å². The molecule has 27 heavy (non-hydrogen) atoms. The first-order valence-electron chi connectivity index (χ1n) is 8.77. The summed E-state index contributed by atoms with van der Waals surface area (Å²) in [5, 5.41) is 13.6. The van der Waals surface area contributed by atoms with Crippen molar-refractivity contribution >= 4 is 23.5 Å². The second-order valence-corrected chi connectivity index (χ2v) is 6.51. The zero-order chi connectivity index (χ0) is 19.2. The topological polar surface area (TPSA) is 115 Å². The van der Waals surface area contributed by atoms with Crippen molar-refractivity contribution in [1.82, 2.24) is 14.8 Å². The van der Waals surface area contributed by atoms with Crippen molar-refractivity contribution in [3.63, 3.8) is 0 Å². The number of nitrogens with zero attached hydrogens (tertiary/aromatic N) is 4. The fourth-order valence-corrected chi connectivity index (χ4v) is 3.89. The summed E-state index contributed by atoms with van der Waals surface area (Å²) < 4.78 is 6.54. The first-order valence-corrected chi connectivity index (χ1v) is 8.77. The lowest BCUT2D eigenvalue weighted by Gasteiger charge is -2.43. The van der Waals surface area contributed by atoms with Crippen molar-refractivity contribution in [1.29, 1.82) is 0 Å². The third-order valence-corrected chi connectivity index (χ3v) is 4.99. The van der Waals surface area contributed by atoms with Crippen LogP contribution in [0.15, 0.2) is 24.3 Å². The number of carboxylic acid groups (broad SMARTS) is 1. The van der Waals surface area contributed by atoms with E-state index in [-0.39, 0.29) is 37.6 Å². The number of hydrogen-bond donors (Lipinski definition) is 1. The molecule has 2 aliphatic heterocycles. The number of carbonyl (C=O) groups is 3. The molecule has 1 saturated heterocycles. The zero-order valence-electron chi connectivity index (χ0n) is 14.7. The Bertz CT molecular complexity index is 953. The molecule has 1 aromatic heterocycles. The molecule has 0 saturated carbocycles. The third-order valence-electron chi connectivity index (χ3n) is 4.99. The van der Waals surface area contributed by atoms with Crippen LogP contribution in [0.1, 0.15) is 43.2 Å². The second kappa shape index (κ2) is 6.19. The van der Waals surface area contributed by atoms with Gasteiger partial charge in [-0.15, -0.1) is 5.10 Å². The maximum absolute atomic E-state index is 12.7. The summed E-state index contributed by atoms with van der Waals surface area (Å²) in [4.78, 5) is 42.1. The molecular weight excluding hydrogens is 352 g/mol. The van der Waals surface area contributed by atoms with Crippen LogP contribution in [0.5, 0.6) is 0 Å². The van der Waals surface area contributed by atoms with Crippen molar-refractivity contribution in [3.05, 3.63) is 30.1 Å². The van der Waals surface area contributed by atoms with Gasteiger partial charge in [-0.3, -0.25) is 14.5 Å². The number of ether oxygens (including phenoxy) is 1. The molecule has 140 valence electrons. The molecule has 9 nitrogen and oxygen atoms in total. The third kappa shape index (κ3) is 2.49. The molecule has 1 unspecified atom stereocenters. The summed E-state index contributed by atoms with van der Waals surface area (Å²) in [5.74, 6) is -1.38. The Morgan fingerprint density at radius 1 is 1.33 bits per heavy atom. The molecular formula is C18H18N4O5. The molecule has 9 heteroatoms. The number of esters is 1. The number of benzene rings is 1. The average molecular weight is 370 g/mol. The lowest BCUT2D eigenvalue weighted by atomic mass is 9.95. The molecule has 0 spiro atoms. The van der Waals surface area contributed by atoms with Crippen molar-refractivity contribution in [2.75, 3.05) is 11.5 Å². The highest BCUT2D eigenvalue weighted by atomic mass is 16.5. The van der Waals surface area contributed by atoms with Gasteiger partial charge in [0.1, 0.15) is 5.66 Å². The van der Waals surface area contributed by atoms with E-state index in [0.717, 1.165) is 0 Å². The Kier molecular flexibility index (Phi) is 3.94. The highest BCUT2D eigenvalue weighted by Gasteiger charge is 2.53. The first kappa shape index (κ1) is 17.2. The van der Waals surface area contributed by atoms with Gasteiger partial charge in [-0.1, -0.05) is 12.1 Å². The summed E-state index contributed by atoms with van der Waals surface area (Å²) in [7, 11) is 0. The molecule has 0 bridgehead atoms. The van der Waals surface area contributed by atoms with Crippen molar-refractivity contribution in [2.24, 2.45) is 0 Å². The van der Waals surface area contributed by atoms with Crippen molar-refractivity contribution < 1.29 is 24.2 Å². The van der Waals surface area contributed by atoms with Crippen LogP contribution >= 0.6 is 0 Å². The molecule has 0 radical (unpaired) electrons. The number of carbonyl (C=O) groups excluding carboxylic acids is 2. The van der Waals surface area contributed by atoms with E-state index in [4.69, 9.17) is 4.74 Å². The van der Waals surface area contributed by atoms with Crippen LogP contribution in [0, 0.1) is 0 Å². The standard InChI is InChI=1S/C18H18N4O5/c1-2-27-17(26)15-19-16-11-5-3-4-6-12(11)21-13(23)7-9-18(21,22(16)20-15)10-8-14(24)25/h3-6H,2,7-10H2,1H3,(H,24,25). The van der Waals surface area contributed by atoms with Gasteiger partial charge in [0.2, 0.25) is 5.91 Å². The molecule has 2 aromatic rings. The molecule has 3 heterocycles. The maximum Gasteiger partial charge on any atom is 0.378 e. The van der Waals surface area contributed by atoms with E-state index >= 15 is 0 Å². The molecule has 1 fully saturated rings. The van der Waals surface area contributed by atoms with E-state index in [2.05, 4.69) is 10.1 Å². The Morgan fingerprint density at radius 3 is 2.85 bits per heavy atom. The Hall–Kier alpha value is -3.23. The fourth-order valence-electron chi connectivity index (χ4n) is 3.89. The fraction of sp³-hybridized carbons (Fsp3) is 0.389. The number of anilines is 1. The highest BCUT2D eigenvalue weighted by Crippen LogP contribution is 2.50. The number of rotatable bonds is 5. The van der Waals surface area contributed by atoms with E-state index in [1.54, 1.807) is 24.0 Å². The Morgan fingerprint density at radius 2 is 2.11 bits per heavy atom. The van der Waals surface area contributed by atoms with Crippen LogP contribution in [0.25, 0.3) is 11.4 Å². The van der Waals surface area contributed by atoms with Crippen molar-refractivity contribution in [3.8, 4) is 11.4 Å². The predicted molar refractivity (Wildman–Crippen MR) is 93.0 cm³/mol. The van der Waals surface area contributed by atoms with Gasteiger partial charge in [0.25, 0.3) is 5.82 Å². The molecule has 2 aliphatic rings. The van der Waals surface area contributed by atoms with Crippen LogP contribution in [-0.4, -0.2) is 44.3 Å². The molecule has 1 amide bonds. The second-order valence-electron chi connectivity index (χ2n) is 6.51. The minimum atomic E-state index is -0.989. The smallest absolute Gasteiger partial charge is 0.378 e. The Labute approximate surface area is 154 Å². The van der Waals surface area contributed by atoms with Crippen LogP contribution in [0.3, 0.4) is 0 Å². The summed E-state index contributed by atoms with van der Waals surface area (Å²) in [6, 6.07) is 7.23. The van der Waals surface area contributed by atoms with Gasteiger partial charge < -0.3 is 9.84 Å². The SMILES string of the molecule is CCOC(=O)c1nc2n(n1)C1(CCC(=O)O)CCC(=O)N1c1ccccc1-2. The zero-order valence-corrected chi connectivity index (χ0v) is 14.7. The first-order chi connectivity index (χ1) is 13.0. The molecule has 1 N–H and O–H groups in total. The molecule has 1 atom stereocenters. The number of amides is 1. The number of hydrogen-bond acceptors (Lipinski definition) is 6. The quantitative estimate of drug-likeness (QED) is 0.798. The summed E-state index contributed by atoms with van der Waals surface area (Å²) in [6.07, 6.45) is 0.690. The van der Waals surface area contributed by atoms with E-state index in [1.807, 2.05) is 12.1 Å². The van der Waals surface area contributed by atoms with Crippen LogP contribution in [0.4, 0.5) is 5.69 Å². The number of carboxylic acids is 1. The number of aromatic nitrogens is 3. The summed E-state index contributed by atoms with van der Waals surface area (Å²) in [6.45, 7) is 1.88. The predicted octanol–water partition coefficient (Wildman–Crippen LogP) is 1.78.